The predicted octanol–water partition coefficient (Wildman–Crippen LogP) is 3.73. The largest absolute Gasteiger partial charge is 0.494 e. The van der Waals surface area contributed by atoms with Crippen molar-refractivity contribution in [1.82, 2.24) is 0 Å². The van der Waals surface area contributed by atoms with Gasteiger partial charge in [-0.2, -0.15) is 13.2 Å². The van der Waals surface area contributed by atoms with Gasteiger partial charge in [0.15, 0.2) is 0 Å². The van der Waals surface area contributed by atoms with Crippen LogP contribution in [-0.2, 0) is 4.74 Å². The quantitative estimate of drug-likeness (QED) is 0.451. The third kappa shape index (κ3) is 6.91. The number of nitrogens with two attached hydrogens (primary N) is 1. The Hall–Kier alpha value is -1.08. The summed E-state index contributed by atoms with van der Waals surface area (Å²) in [4.78, 5) is 0.867. The fraction of sp³-hybridized carbons (Fsp3) is 0.538. The van der Waals surface area contributed by atoms with Crippen molar-refractivity contribution in [2.24, 2.45) is 0 Å². The van der Waals surface area contributed by atoms with Crippen LogP contribution >= 0.6 is 11.8 Å². The van der Waals surface area contributed by atoms with E-state index in [1.807, 2.05) is 13.0 Å². The van der Waals surface area contributed by atoms with Gasteiger partial charge in [0.25, 0.3) is 0 Å². The minimum absolute atomic E-state index is 0.0809. The first-order chi connectivity index (χ1) is 9.42. The second-order valence-electron chi connectivity index (χ2n) is 4.00. The maximum absolute atomic E-state index is 11.8. The molecule has 0 bridgehead atoms. The van der Waals surface area contributed by atoms with Crippen LogP contribution in [0.4, 0.5) is 18.9 Å². The molecule has 0 saturated heterocycles. The van der Waals surface area contributed by atoms with E-state index in [2.05, 4.69) is 4.74 Å². The number of alkyl halides is 3. The number of nitrogen functional groups attached to an aromatic ring is 1. The van der Waals surface area contributed by atoms with Gasteiger partial charge in [0.05, 0.1) is 6.61 Å². The molecule has 2 N–H and O–H groups in total. The second-order valence-corrected chi connectivity index (χ2v) is 5.14. The predicted molar refractivity (Wildman–Crippen MR) is 74.2 cm³/mol. The number of ether oxygens (including phenoxy) is 2. The Morgan fingerprint density at radius 1 is 1.30 bits per heavy atom. The van der Waals surface area contributed by atoms with E-state index >= 15 is 0 Å². The van der Waals surface area contributed by atoms with Crippen molar-refractivity contribution in [1.29, 1.82) is 0 Å². The van der Waals surface area contributed by atoms with Crippen molar-refractivity contribution in [3.63, 3.8) is 0 Å². The molecule has 114 valence electrons. The first-order valence-corrected chi connectivity index (χ1v) is 7.20. The van der Waals surface area contributed by atoms with E-state index in [-0.39, 0.29) is 6.61 Å². The Morgan fingerprint density at radius 2 is 2.05 bits per heavy atom. The highest BCUT2D eigenvalue weighted by molar-refractivity contribution is 7.99. The van der Waals surface area contributed by atoms with Crippen LogP contribution in [0.2, 0.25) is 0 Å². The Balaban J connectivity index is 2.29. The minimum atomic E-state index is -4.26. The average Bonchev–Trinajstić information content (AvgIpc) is 2.36. The number of thioether (sulfide) groups is 1. The van der Waals surface area contributed by atoms with Crippen molar-refractivity contribution >= 4 is 17.4 Å². The average molecular weight is 309 g/mol. The SMILES string of the molecule is CCOc1ccc(N)c(SCCCOCC(F)(F)F)c1. The molecule has 0 radical (unpaired) electrons. The smallest absolute Gasteiger partial charge is 0.411 e. The van der Waals surface area contributed by atoms with Crippen LogP contribution < -0.4 is 10.5 Å². The summed E-state index contributed by atoms with van der Waals surface area (Å²) < 4.78 is 45.4. The molecule has 0 saturated carbocycles. The zero-order valence-electron chi connectivity index (χ0n) is 11.2. The first-order valence-electron chi connectivity index (χ1n) is 6.22. The van der Waals surface area contributed by atoms with Gasteiger partial charge in [-0.05, 0) is 31.5 Å². The molecule has 0 aliphatic rings. The van der Waals surface area contributed by atoms with Crippen LogP contribution in [0.25, 0.3) is 0 Å². The van der Waals surface area contributed by atoms with E-state index in [9.17, 15) is 13.2 Å². The summed E-state index contributed by atoms with van der Waals surface area (Å²) in [5.41, 5.74) is 6.46. The molecule has 0 spiro atoms. The normalized spacial score (nSPS) is 11.6. The van der Waals surface area contributed by atoms with E-state index in [1.165, 1.54) is 11.8 Å². The molecule has 20 heavy (non-hydrogen) atoms. The van der Waals surface area contributed by atoms with E-state index in [4.69, 9.17) is 10.5 Å². The van der Waals surface area contributed by atoms with Crippen LogP contribution in [0.15, 0.2) is 23.1 Å². The highest BCUT2D eigenvalue weighted by Crippen LogP contribution is 2.29. The molecule has 0 amide bonds. The molecule has 0 atom stereocenters. The number of benzene rings is 1. The van der Waals surface area contributed by atoms with Crippen molar-refractivity contribution < 1.29 is 22.6 Å². The van der Waals surface area contributed by atoms with Gasteiger partial charge in [-0.25, -0.2) is 0 Å². The summed E-state index contributed by atoms with van der Waals surface area (Å²) in [7, 11) is 0. The summed E-state index contributed by atoms with van der Waals surface area (Å²) in [6, 6.07) is 5.38. The molecule has 1 aromatic carbocycles. The number of rotatable bonds is 8. The standard InChI is InChI=1S/C13H18F3NO2S/c1-2-19-10-4-5-11(17)12(8-10)20-7-3-6-18-9-13(14,15)16/h4-5,8H,2-3,6-7,9,17H2,1H3. The van der Waals surface area contributed by atoms with Crippen LogP contribution in [0.1, 0.15) is 13.3 Å². The van der Waals surface area contributed by atoms with E-state index in [0.717, 1.165) is 10.6 Å². The number of hydrogen-bond donors (Lipinski definition) is 1. The highest BCUT2D eigenvalue weighted by atomic mass is 32.2. The van der Waals surface area contributed by atoms with Crippen molar-refractivity contribution in [3.8, 4) is 5.75 Å². The van der Waals surface area contributed by atoms with Crippen LogP contribution in [0.3, 0.4) is 0 Å². The zero-order chi connectivity index (χ0) is 15.0. The van der Waals surface area contributed by atoms with Gasteiger partial charge in [-0.3, -0.25) is 0 Å². The van der Waals surface area contributed by atoms with Crippen molar-refractivity contribution in [3.05, 3.63) is 18.2 Å². The van der Waals surface area contributed by atoms with E-state index in [0.29, 0.717) is 24.5 Å². The lowest BCUT2D eigenvalue weighted by Gasteiger charge is -2.10. The number of hydrogen-bond acceptors (Lipinski definition) is 4. The fourth-order valence-electron chi connectivity index (χ4n) is 1.43. The first kappa shape index (κ1) is 17.0. The number of anilines is 1. The number of halogens is 3. The molecule has 0 unspecified atom stereocenters. The third-order valence-corrected chi connectivity index (χ3v) is 3.41. The molecule has 0 aliphatic carbocycles. The maximum atomic E-state index is 11.8. The molecular formula is C13H18F3NO2S. The van der Waals surface area contributed by atoms with Crippen LogP contribution in [0.5, 0.6) is 5.75 Å². The van der Waals surface area contributed by atoms with Gasteiger partial charge in [0, 0.05) is 22.9 Å². The molecule has 0 aromatic heterocycles. The molecule has 7 heteroatoms. The second kappa shape index (κ2) is 8.26. The Kier molecular flexibility index (Phi) is 7.01. The van der Waals surface area contributed by atoms with Crippen molar-refractivity contribution in [2.45, 2.75) is 24.4 Å². The summed E-state index contributed by atoms with van der Waals surface area (Å²) in [6.45, 7) is 1.34. The Morgan fingerprint density at radius 3 is 2.70 bits per heavy atom. The van der Waals surface area contributed by atoms with E-state index in [1.54, 1.807) is 12.1 Å². The molecule has 0 heterocycles. The molecule has 3 nitrogen and oxygen atoms in total. The molecule has 0 fully saturated rings. The van der Waals surface area contributed by atoms with Gasteiger partial charge in [0.2, 0.25) is 0 Å². The Bertz CT molecular complexity index is 413. The lowest BCUT2D eigenvalue weighted by molar-refractivity contribution is -0.173. The molecule has 1 aromatic rings. The topological polar surface area (TPSA) is 44.5 Å². The monoisotopic (exact) mass is 309 g/mol. The lowest BCUT2D eigenvalue weighted by Crippen LogP contribution is -2.17. The van der Waals surface area contributed by atoms with Gasteiger partial charge in [-0.15, -0.1) is 11.8 Å². The summed E-state index contributed by atoms with van der Waals surface area (Å²) in [6.07, 6.45) is -3.73. The van der Waals surface area contributed by atoms with Crippen molar-refractivity contribution in [2.75, 3.05) is 31.3 Å². The minimum Gasteiger partial charge on any atom is -0.494 e. The summed E-state index contributed by atoms with van der Waals surface area (Å²) >= 11 is 1.48. The lowest BCUT2D eigenvalue weighted by atomic mass is 10.3. The maximum Gasteiger partial charge on any atom is 0.411 e. The van der Waals surface area contributed by atoms with Gasteiger partial charge in [0.1, 0.15) is 12.4 Å². The van der Waals surface area contributed by atoms with Crippen LogP contribution in [0, 0.1) is 0 Å². The van der Waals surface area contributed by atoms with Gasteiger partial charge < -0.3 is 15.2 Å². The zero-order valence-corrected chi connectivity index (χ0v) is 12.0. The molecular weight excluding hydrogens is 291 g/mol. The van der Waals surface area contributed by atoms with Crippen LogP contribution in [-0.4, -0.2) is 31.7 Å². The summed E-state index contributed by atoms with van der Waals surface area (Å²) in [5.74, 6) is 1.37. The Labute approximate surface area is 120 Å². The highest BCUT2D eigenvalue weighted by Gasteiger charge is 2.27. The third-order valence-electron chi connectivity index (χ3n) is 2.25. The van der Waals surface area contributed by atoms with Gasteiger partial charge in [-0.1, -0.05) is 0 Å². The fourth-order valence-corrected chi connectivity index (χ4v) is 2.34. The van der Waals surface area contributed by atoms with E-state index < -0.39 is 12.8 Å². The summed E-state index contributed by atoms with van der Waals surface area (Å²) in [5, 5.41) is 0. The molecule has 0 aliphatic heterocycles. The van der Waals surface area contributed by atoms with Gasteiger partial charge >= 0.3 is 6.18 Å². The molecule has 1 rings (SSSR count).